The van der Waals surface area contributed by atoms with Crippen LogP contribution in [0, 0.1) is 0 Å². The summed E-state index contributed by atoms with van der Waals surface area (Å²) in [6.07, 6.45) is 7.85. The van der Waals surface area contributed by atoms with E-state index in [1.807, 2.05) is 155 Å². The second-order valence-electron chi connectivity index (χ2n) is 9.46. The highest BCUT2D eigenvalue weighted by Gasteiger charge is 2.08. The molecule has 0 saturated carbocycles. The van der Waals surface area contributed by atoms with E-state index in [-0.39, 0.29) is 11.8 Å². The summed E-state index contributed by atoms with van der Waals surface area (Å²) in [7, 11) is 0. The number of nitrogens with zero attached hydrogens (tertiary/aromatic N) is 2. The van der Waals surface area contributed by atoms with Crippen molar-refractivity contribution in [1.82, 2.24) is 9.13 Å². The van der Waals surface area contributed by atoms with Crippen LogP contribution in [0.15, 0.2) is 146 Å². The third kappa shape index (κ3) is 6.10. The van der Waals surface area contributed by atoms with Gasteiger partial charge in [0.15, 0.2) is 0 Å². The summed E-state index contributed by atoms with van der Waals surface area (Å²) in [5.41, 5.74) is 6.32. The first-order valence-corrected chi connectivity index (χ1v) is 13.2. The molecule has 0 spiro atoms. The van der Waals surface area contributed by atoms with Crippen LogP contribution in [0.4, 0.5) is 22.7 Å². The van der Waals surface area contributed by atoms with Gasteiger partial charge in [-0.15, -0.1) is 0 Å². The van der Waals surface area contributed by atoms with Crippen molar-refractivity contribution in [2.45, 2.75) is 0 Å². The molecule has 200 valence electrons. The van der Waals surface area contributed by atoms with Crippen molar-refractivity contribution in [2.24, 2.45) is 0 Å². The third-order valence-corrected chi connectivity index (χ3v) is 6.64. The first kappa shape index (κ1) is 25.5. The van der Waals surface area contributed by atoms with Crippen LogP contribution in [0.1, 0.15) is 20.7 Å². The number of aromatic nitrogens is 2. The number of benzene rings is 4. The number of carbonyl (C=O) groups excluding carboxylic acids is 2. The SMILES string of the molecule is O=C(Nc1ccc(Nc2ccc(NC(=O)c3ccc(-n4cccc4)cc3)cc2)cc1)c1ccc(-n2cccc2)cc1. The van der Waals surface area contributed by atoms with Gasteiger partial charge in [0.2, 0.25) is 0 Å². The molecular weight excluding hydrogens is 510 g/mol. The van der Waals surface area contributed by atoms with Gasteiger partial charge in [0.05, 0.1) is 0 Å². The normalized spacial score (nSPS) is 10.6. The van der Waals surface area contributed by atoms with E-state index in [1.54, 1.807) is 0 Å². The Hall–Kier alpha value is -5.82. The maximum absolute atomic E-state index is 12.7. The molecule has 2 aromatic heterocycles. The summed E-state index contributed by atoms with van der Waals surface area (Å²) < 4.78 is 3.98. The Balaban J connectivity index is 1.02. The molecule has 6 aromatic rings. The fourth-order valence-corrected chi connectivity index (χ4v) is 4.43. The van der Waals surface area contributed by atoms with Gasteiger partial charge in [-0.05, 0) is 121 Å². The molecule has 7 heteroatoms. The minimum absolute atomic E-state index is 0.167. The average molecular weight is 538 g/mol. The van der Waals surface area contributed by atoms with Gasteiger partial charge in [0.25, 0.3) is 11.8 Å². The van der Waals surface area contributed by atoms with E-state index in [4.69, 9.17) is 0 Å². The zero-order chi connectivity index (χ0) is 28.0. The molecule has 2 amide bonds. The van der Waals surface area contributed by atoms with Gasteiger partial charge in [0.1, 0.15) is 0 Å². The van der Waals surface area contributed by atoms with Gasteiger partial charge in [-0.3, -0.25) is 9.59 Å². The number of nitrogens with one attached hydrogen (secondary N) is 3. The summed E-state index contributed by atoms with van der Waals surface area (Å²) in [5.74, 6) is -0.335. The quantitative estimate of drug-likeness (QED) is 0.188. The van der Waals surface area contributed by atoms with Crippen LogP contribution in [-0.2, 0) is 0 Å². The maximum Gasteiger partial charge on any atom is 0.255 e. The standard InChI is InChI=1S/C34H27N5O2/c40-33(25-5-17-31(18-6-25)38-21-1-2-22-38)36-29-13-9-27(10-14-29)35-28-11-15-30(16-12-28)37-34(41)26-7-19-32(20-8-26)39-23-3-4-24-39/h1-24,35H,(H,36,40)(H,37,41). The van der Waals surface area contributed by atoms with E-state index < -0.39 is 0 Å². The van der Waals surface area contributed by atoms with Crippen molar-refractivity contribution in [1.29, 1.82) is 0 Å². The molecule has 6 rings (SSSR count). The van der Waals surface area contributed by atoms with Crippen LogP contribution in [0.25, 0.3) is 11.4 Å². The van der Waals surface area contributed by atoms with Crippen molar-refractivity contribution >= 4 is 34.6 Å². The van der Waals surface area contributed by atoms with Crippen molar-refractivity contribution in [2.75, 3.05) is 16.0 Å². The lowest BCUT2D eigenvalue weighted by atomic mass is 10.1. The van der Waals surface area contributed by atoms with Crippen LogP contribution < -0.4 is 16.0 Å². The molecule has 0 aliphatic carbocycles. The van der Waals surface area contributed by atoms with Crippen LogP contribution in [0.2, 0.25) is 0 Å². The lowest BCUT2D eigenvalue weighted by Crippen LogP contribution is -2.12. The van der Waals surface area contributed by atoms with Crippen molar-refractivity contribution < 1.29 is 9.59 Å². The number of rotatable bonds is 8. The van der Waals surface area contributed by atoms with Crippen molar-refractivity contribution in [3.05, 3.63) is 157 Å². The van der Waals surface area contributed by atoms with Gasteiger partial charge in [-0.2, -0.15) is 0 Å². The van der Waals surface area contributed by atoms with E-state index in [2.05, 4.69) is 16.0 Å². The number of carbonyl (C=O) groups is 2. The third-order valence-electron chi connectivity index (χ3n) is 6.64. The Kier molecular flexibility index (Phi) is 7.15. The number of amides is 2. The monoisotopic (exact) mass is 537 g/mol. The fraction of sp³-hybridized carbons (Fsp3) is 0. The number of hydrogen-bond acceptors (Lipinski definition) is 3. The summed E-state index contributed by atoms with van der Waals surface area (Å²) >= 11 is 0. The molecule has 0 atom stereocenters. The lowest BCUT2D eigenvalue weighted by molar-refractivity contribution is 0.101. The lowest BCUT2D eigenvalue weighted by Gasteiger charge is -2.11. The predicted octanol–water partition coefficient (Wildman–Crippen LogP) is 7.52. The molecule has 0 aliphatic rings. The molecule has 0 unspecified atom stereocenters. The number of hydrogen-bond donors (Lipinski definition) is 3. The molecule has 0 saturated heterocycles. The largest absolute Gasteiger partial charge is 0.356 e. The first-order valence-electron chi connectivity index (χ1n) is 13.2. The van der Waals surface area contributed by atoms with Gasteiger partial charge in [-0.1, -0.05) is 0 Å². The molecule has 0 radical (unpaired) electrons. The molecule has 7 nitrogen and oxygen atoms in total. The molecule has 0 aliphatic heterocycles. The summed E-state index contributed by atoms with van der Waals surface area (Å²) in [6, 6.07) is 37.8. The van der Waals surface area contributed by atoms with E-state index in [9.17, 15) is 9.59 Å². The Bertz CT molecular complexity index is 1600. The Morgan fingerprint density at radius 3 is 1.07 bits per heavy atom. The smallest absolute Gasteiger partial charge is 0.255 e. The van der Waals surface area contributed by atoms with E-state index in [1.165, 1.54) is 0 Å². The highest BCUT2D eigenvalue weighted by Crippen LogP contribution is 2.22. The van der Waals surface area contributed by atoms with Crippen LogP contribution in [0.5, 0.6) is 0 Å². The van der Waals surface area contributed by atoms with Gasteiger partial charge in [0, 0.05) is 70.0 Å². The molecule has 2 heterocycles. The molecular formula is C34H27N5O2. The van der Waals surface area contributed by atoms with E-state index in [0.717, 1.165) is 22.7 Å². The maximum atomic E-state index is 12.7. The van der Waals surface area contributed by atoms with E-state index >= 15 is 0 Å². The molecule has 41 heavy (non-hydrogen) atoms. The highest BCUT2D eigenvalue weighted by atomic mass is 16.2. The first-order chi connectivity index (χ1) is 20.1. The topological polar surface area (TPSA) is 80.1 Å². The van der Waals surface area contributed by atoms with Gasteiger partial charge >= 0.3 is 0 Å². The van der Waals surface area contributed by atoms with Gasteiger partial charge < -0.3 is 25.1 Å². The van der Waals surface area contributed by atoms with Gasteiger partial charge in [-0.25, -0.2) is 0 Å². The minimum Gasteiger partial charge on any atom is -0.356 e. The number of anilines is 4. The Labute approximate surface area is 237 Å². The average Bonchev–Trinajstić information content (AvgIpc) is 3.75. The predicted molar refractivity (Wildman–Crippen MR) is 164 cm³/mol. The summed E-state index contributed by atoms with van der Waals surface area (Å²) in [4.78, 5) is 25.4. The van der Waals surface area contributed by atoms with Crippen molar-refractivity contribution in [3.63, 3.8) is 0 Å². The zero-order valence-corrected chi connectivity index (χ0v) is 22.1. The van der Waals surface area contributed by atoms with Crippen LogP contribution in [-0.4, -0.2) is 20.9 Å². The summed E-state index contributed by atoms with van der Waals surface area (Å²) in [5, 5.41) is 9.21. The fourth-order valence-electron chi connectivity index (χ4n) is 4.43. The van der Waals surface area contributed by atoms with Crippen LogP contribution >= 0.6 is 0 Å². The molecule has 0 fully saturated rings. The Morgan fingerprint density at radius 1 is 0.415 bits per heavy atom. The Morgan fingerprint density at radius 2 is 0.732 bits per heavy atom. The second kappa shape index (κ2) is 11.5. The minimum atomic E-state index is -0.167. The zero-order valence-electron chi connectivity index (χ0n) is 22.1. The molecule has 4 aromatic carbocycles. The molecule has 3 N–H and O–H groups in total. The highest BCUT2D eigenvalue weighted by molar-refractivity contribution is 6.05. The van der Waals surface area contributed by atoms with Crippen molar-refractivity contribution in [3.8, 4) is 11.4 Å². The van der Waals surface area contributed by atoms with E-state index in [0.29, 0.717) is 22.5 Å². The van der Waals surface area contributed by atoms with Crippen LogP contribution in [0.3, 0.4) is 0 Å². The summed E-state index contributed by atoms with van der Waals surface area (Å²) in [6.45, 7) is 0. The molecule has 0 bridgehead atoms. The second-order valence-corrected chi connectivity index (χ2v) is 9.46.